The molecule has 3 rings (SSSR count). The van der Waals surface area contributed by atoms with Crippen molar-refractivity contribution in [3.8, 4) is 17.6 Å². The lowest BCUT2D eigenvalue weighted by Crippen LogP contribution is -2.13. The molecule has 0 atom stereocenters. The number of nitriles is 1. The van der Waals surface area contributed by atoms with Gasteiger partial charge in [0.2, 0.25) is 15.0 Å². The summed E-state index contributed by atoms with van der Waals surface area (Å²) in [5, 5.41) is 11.3. The first kappa shape index (κ1) is 24.4. The molecule has 0 radical (unpaired) electrons. The van der Waals surface area contributed by atoms with Gasteiger partial charge in [0.1, 0.15) is 36.4 Å². The van der Waals surface area contributed by atoms with Gasteiger partial charge >= 0.3 is 0 Å². The zero-order valence-electron chi connectivity index (χ0n) is 17.2. The van der Waals surface area contributed by atoms with Crippen LogP contribution in [0.5, 0.6) is 11.5 Å². The van der Waals surface area contributed by atoms with Crippen molar-refractivity contribution in [2.75, 3.05) is 24.8 Å². The Morgan fingerprint density at radius 2 is 1.94 bits per heavy atom. The van der Waals surface area contributed by atoms with E-state index in [4.69, 9.17) is 9.47 Å². The van der Waals surface area contributed by atoms with E-state index in [0.717, 1.165) is 12.0 Å². The molecule has 0 saturated carbocycles. The van der Waals surface area contributed by atoms with Gasteiger partial charge in [-0.1, -0.05) is 24.3 Å². The van der Waals surface area contributed by atoms with E-state index >= 15 is 0 Å². The minimum atomic E-state index is -3.59. The highest BCUT2D eigenvalue weighted by atomic mass is 79.9. The third-order valence-corrected chi connectivity index (χ3v) is 6.16. The molecule has 1 N–H and O–H groups in total. The van der Waals surface area contributed by atoms with Gasteiger partial charge in [-0.2, -0.15) is 14.6 Å². The smallest absolute Gasteiger partial charge is 0.268 e. The Morgan fingerprint density at radius 1 is 1.21 bits per heavy atom. The molecule has 12 heteroatoms. The highest BCUT2D eigenvalue weighted by Gasteiger charge is 2.17. The van der Waals surface area contributed by atoms with Crippen LogP contribution in [0, 0.1) is 11.3 Å². The van der Waals surface area contributed by atoms with Gasteiger partial charge in [-0.3, -0.25) is 10.1 Å². The molecule has 0 bridgehead atoms. The monoisotopic (exact) mass is 548 g/mol. The van der Waals surface area contributed by atoms with E-state index < -0.39 is 15.7 Å². The number of aromatic nitrogens is 2. The summed E-state index contributed by atoms with van der Waals surface area (Å²) in [6.45, 7) is 0.690. The topological polar surface area (TPSA) is 131 Å². The van der Waals surface area contributed by atoms with Crippen molar-refractivity contribution >= 4 is 54.4 Å². The number of hydrogen-bond acceptors (Lipinski definition) is 9. The van der Waals surface area contributed by atoms with Crippen LogP contribution in [-0.2, 0) is 14.6 Å². The molecule has 33 heavy (non-hydrogen) atoms. The van der Waals surface area contributed by atoms with Gasteiger partial charge in [0.15, 0.2) is 0 Å². The van der Waals surface area contributed by atoms with Crippen LogP contribution >= 0.6 is 27.5 Å². The molecule has 0 saturated heterocycles. The van der Waals surface area contributed by atoms with Crippen molar-refractivity contribution in [2.24, 2.45) is 0 Å². The third kappa shape index (κ3) is 7.11. The maximum absolute atomic E-state index is 12.4. The van der Waals surface area contributed by atoms with Crippen molar-refractivity contribution in [1.29, 1.82) is 5.26 Å². The second kappa shape index (κ2) is 11.0. The number of amides is 1. The molecule has 1 aromatic heterocycles. The zero-order chi connectivity index (χ0) is 23.8. The first-order valence-corrected chi connectivity index (χ1v) is 12.8. The zero-order valence-corrected chi connectivity index (χ0v) is 20.4. The molecule has 3 aromatic rings. The number of carbonyl (C=O) groups excluding carboxylic acids is 1. The van der Waals surface area contributed by atoms with Crippen molar-refractivity contribution in [2.45, 2.75) is 5.16 Å². The minimum absolute atomic E-state index is 0.0239. The average molecular weight is 549 g/mol. The van der Waals surface area contributed by atoms with E-state index in [9.17, 15) is 18.5 Å². The molecule has 0 unspecified atom stereocenters. The number of para-hydroxylation sites is 1. The Morgan fingerprint density at radius 3 is 2.58 bits per heavy atom. The Balaban J connectivity index is 1.61. The molecular formula is C21H17BrN4O5S2. The van der Waals surface area contributed by atoms with Crippen molar-refractivity contribution in [1.82, 2.24) is 9.36 Å². The van der Waals surface area contributed by atoms with Crippen LogP contribution in [0.15, 0.2) is 63.7 Å². The van der Waals surface area contributed by atoms with Gasteiger partial charge in [-0.25, -0.2) is 8.42 Å². The molecule has 0 aliphatic carbocycles. The van der Waals surface area contributed by atoms with Gasteiger partial charge in [-0.15, -0.1) is 0 Å². The van der Waals surface area contributed by atoms with Crippen molar-refractivity contribution in [3.05, 3.63) is 64.1 Å². The Kier molecular flexibility index (Phi) is 8.16. The first-order valence-electron chi connectivity index (χ1n) is 9.33. The second-order valence-electron chi connectivity index (χ2n) is 6.48. The lowest BCUT2D eigenvalue weighted by atomic mass is 10.1. The fraction of sp³-hybridized carbons (Fsp3) is 0.143. The SMILES string of the molecule is CS(=O)(=O)c1nsc(NC(=O)/C(C#N)=C\c2ccc(OCCOc3ccccc3)c(Br)c2)n1. The van der Waals surface area contributed by atoms with Gasteiger partial charge in [0.25, 0.3) is 11.1 Å². The molecule has 1 amide bonds. The Labute approximate surface area is 202 Å². The summed E-state index contributed by atoms with van der Waals surface area (Å²) in [7, 11) is -3.59. The van der Waals surface area contributed by atoms with E-state index in [-0.39, 0.29) is 15.9 Å². The van der Waals surface area contributed by atoms with E-state index in [0.29, 0.717) is 40.5 Å². The normalized spacial score (nSPS) is 11.5. The van der Waals surface area contributed by atoms with Gasteiger partial charge in [0, 0.05) is 17.8 Å². The molecule has 1 heterocycles. The lowest BCUT2D eigenvalue weighted by molar-refractivity contribution is -0.112. The quantitative estimate of drug-likeness (QED) is 0.243. The maximum Gasteiger partial charge on any atom is 0.268 e. The molecule has 0 fully saturated rings. The maximum atomic E-state index is 12.4. The molecule has 0 aliphatic heterocycles. The van der Waals surface area contributed by atoms with Crippen LogP contribution in [0.25, 0.3) is 6.08 Å². The highest BCUT2D eigenvalue weighted by molar-refractivity contribution is 9.10. The summed E-state index contributed by atoms with van der Waals surface area (Å²) >= 11 is 4.12. The number of nitrogens with one attached hydrogen (secondary N) is 1. The van der Waals surface area contributed by atoms with Gasteiger partial charge in [-0.05, 0) is 51.8 Å². The lowest BCUT2D eigenvalue weighted by Gasteiger charge is -2.10. The van der Waals surface area contributed by atoms with Crippen LogP contribution in [0.1, 0.15) is 5.56 Å². The van der Waals surface area contributed by atoms with Crippen LogP contribution in [0.2, 0.25) is 0 Å². The summed E-state index contributed by atoms with van der Waals surface area (Å²) in [4.78, 5) is 16.1. The number of rotatable bonds is 9. The number of carbonyl (C=O) groups is 1. The van der Waals surface area contributed by atoms with E-state index in [2.05, 4.69) is 30.6 Å². The van der Waals surface area contributed by atoms with Crippen molar-refractivity contribution in [3.63, 3.8) is 0 Å². The summed E-state index contributed by atoms with van der Waals surface area (Å²) in [6.07, 6.45) is 2.35. The molecule has 0 aliphatic rings. The number of ether oxygens (including phenoxy) is 2. The number of halogens is 1. The van der Waals surface area contributed by atoms with E-state index in [1.54, 1.807) is 18.2 Å². The van der Waals surface area contributed by atoms with E-state index in [1.807, 2.05) is 36.4 Å². The van der Waals surface area contributed by atoms with Crippen molar-refractivity contribution < 1.29 is 22.7 Å². The van der Waals surface area contributed by atoms with Crippen LogP contribution < -0.4 is 14.8 Å². The number of nitrogens with zero attached hydrogens (tertiary/aromatic N) is 3. The Bertz CT molecular complexity index is 1320. The highest BCUT2D eigenvalue weighted by Crippen LogP contribution is 2.27. The largest absolute Gasteiger partial charge is 0.490 e. The Hall–Kier alpha value is -3.27. The van der Waals surface area contributed by atoms with E-state index in [1.165, 1.54) is 6.08 Å². The van der Waals surface area contributed by atoms with Crippen LogP contribution in [-0.4, -0.2) is 43.2 Å². The molecule has 170 valence electrons. The van der Waals surface area contributed by atoms with Crippen LogP contribution in [0.4, 0.5) is 5.13 Å². The van der Waals surface area contributed by atoms with Gasteiger partial charge < -0.3 is 9.47 Å². The summed E-state index contributed by atoms with van der Waals surface area (Å²) < 4.78 is 38.5. The second-order valence-corrected chi connectivity index (χ2v) is 9.99. The third-order valence-electron chi connectivity index (χ3n) is 3.94. The first-order chi connectivity index (χ1) is 15.8. The molecule has 2 aromatic carbocycles. The summed E-state index contributed by atoms with van der Waals surface area (Å²) in [6, 6.07) is 16.3. The average Bonchev–Trinajstić information content (AvgIpc) is 3.26. The van der Waals surface area contributed by atoms with Gasteiger partial charge in [0.05, 0.1) is 4.47 Å². The fourth-order valence-corrected chi connectivity index (χ4v) is 4.39. The van der Waals surface area contributed by atoms with Crippen LogP contribution in [0.3, 0.4) is 0 Å². The minimum Gasteiger partial charge on any atom is -0.490 e. The standard InChI is InChI=1S/C21H17BrN4O5S2/c1-33(28,29)21-25-20(32-26-21)24-19(27)15(13-23)11-14-7-8-18(17(22)12-14)31-10-9-30-16-5-3-2-4-6-16/h2-8,11-12H,9-10H2,1H3,(H,24,25,26,27)/b15-11-. The molecular weight excluding hydrogens is 532 g/mol. The fourth-order valence-electron chi connectivity index (χ4n) is 2.44. The molecule has 0 spiro atoms. The number of anilines is 1. The predicted molar refractivity (Wildman–Crippen MR) is 127 cm³/mol. The number of sulfone groups is 1. The number of benzene rings is 2. The summed E-state index contributed by atoms with van der Waals surface area (Å²) in [5.41, 5.74) is 0.387. The molecule has 9 nitrogen and oxygen atoms in total. The summed E-state index contributed by atoms with van der Waals surface area (Å²) in [5.74, 6) is 0.598. The number of hydrogen-bond donors (Lipinski definition) is 1. The predicted octanol–water partition coefficient (Wildman–Crippen LogP) is 3.71.